The van der Waals surface area contributed by atoms with Crippen LogP contribution in [-0.2, 0) is 38.0 Å². The Bertz CT molecular complexity index is 396. The molecule has 32 heavy (non-hydrogen) atoms. The molecular weight excluding hydrogens is 416 g/mol. The van der Waals surface area contributed by atoms with Crippen molar-refractivity contribution in [2.75, 3.05) is 66.1 Å². The minimum atomic E-state index is -0.906. The lowest BCUT2D eigenvalue weighted by Crippen LogP contribution is -2.30. The Labute approximate surface area is 194 Å². The summed E-state index contributed by atoms with van der Waals surface area (Å²) >= 11 is 0. The van der Waals surface area contributed by atoms with E-state index in [1.807, 2.05) is 0 Å². The Balaban J connectivity index is 4.03. The van der Waals surface area contributed by atoms with Gasteiger partial charge >= 0.3 is 11.9 Å². The first-order chi connectivity index (χ1) is 15.7. The second kappa shape index (κ2) is 24.4. The van der Waals surface area contributed by atoms with E-state index in [1.165, 1.54) is 0 Å². The van der Waals surface area contributed by atoms with E-state index in [0.29, 0.717) is 32.8 Å². The van der Waals surface area contributed by atoms with Crippen LogP contribution in [0.2, 0.25) is 0 Å². The highest BCUT2D eigenvalue weighted by molar-refractivity contribution is 5.94. The number of rotatable bonds is 24. The second-order valence-electron chi connectivity index (χ2n) is 7.54. The van der Waals surface area contributed by atoms with Crippen molar-refractivity contribution in [3.63, 3.8) is 0 Å². The van der Waals surface area contributed by atoms with Gasteiger partial charge in [-0.05, 0) is 19.3 Å². The zero-order valence-electron chi connectivity index (χ0n) is 20.6. The lowest BCUT2D eigenvalue weighted by atomic mass is 10.0. The molecule has 0 aliphatic rings. The van der Waals surface area contributed by atoms with Gasteiger partial charge in [0.25, 0.3) is 0 Å². The summed E-state index contributed by atoms with van der Waals surface area (Å²) in [4.78, 5) is 24.8. The smallest absolute Gasteiger partial charge is 0.320 e. The monoisotopic (exact) mass is 462 g/mol. The maximum absolute atomic E-state index is 12.4. The van der Waals surface area contributed by atoms with E-state index < -0.39 is 17.9 Å². The molecule has 0 rings (SSSR count). The highest BCUT2D eigenvalue weighted by Crippen LogP contribution is 2.14. The largest absolute Gasteiger partial charge is 0.463 e. The maximum atomic E-state index is 12.4. The van der Waals surface area contributed by atoms with Crippen molar-refractivity contribution >= 4 is 11.9 Å². The van der Waals surface area contributed by atoms with Crippen LogP contribution in [0.1, 0.15) is 72.1 Å². The van der Waals surface area contributed by atoms with E-state index in [2.05, 4.69) is 20.8 Å². The molecule has 8 heteroatoms. The fourth-order valence-corrected chi connectivity index (χ4v) is 2.67. The van der Waals surface area contributed by atoms with Crippen LogP contribution in [0.4, 0.5) is 0 Å². The van der Waals surface area contributed by atoms with Crippen molar-refractivity contribution in [1.82, 2.24) is 0 Å². The number of esters is 2. The number of ether oxygens (including phenoxy) is 6. The van der Waals surface area contributed by atoms with Crippen LogP contribution < -0.4 is 0 Å². The molecule has 0 radical (unpaired) electrons. The van der Waals surface area contributed by atoms with Gasteiger partial charge in [0.2, 0.25) is 0 Å². The van der Waals surface area contributed by atoms with E-state index in [9.17, 15) is 9.59 Å². The van der Waals surface area contributed by atoms with Gasteiger partial charge in [-0.1, -0.05) is 52.9 Å². The molecule has 8 nitrogen and oxygen atoms in total. The Hall–Kier alpha value is -1.22. The third-order valence-corrected chi connectivity index (χ3v) is 4.64. The lowest BCUT2D eigenvalue weighted by molar-refractivity contribution is -0.164. The number of carbonyl (C=O) groups excluding carboxylic acids is 2. The predicted octanol–water partition coefficient (Wildman–Crippen LogP) is 3.94. The van der Waals surface area contributed by atoms with Crippen molar-refractivity contribution in [1.29, 1.82) is 0 Å². The average molecular weight is 463 g/mol. The van der Waals surface area contributed by atoms with Crippen molar-refractivity contribution in [2.24, 2.45) is 5.92 Å². The van der Waals surface area contributed by atoms with Gasteiger partial charge in [0.15, 0.2) is 5.92 Å². The van der Waals surface area contributed by atoms with E-state index >= 15 is 0 Å². The van der Waals surface area contributed by atoms with Gasteiger partial charge < -0.3 is 28.4 Å². The molecule has 0 aromatic rings. The molecule has 0 aromatic heterocycles. The summed E-state index contributed by atoms with van der Waals surface area (Å²) in [6.45, 7) is 10.4. The summed E-state index contributed by atoms with van der Waals surface area (Å²) in [5, 5.41) is 0. The van der Waals surface area contributed by atoms with Gasteiger partial charge in [-0.15, -0.1) is 0 Å². The van der Waals surface area contributed by atoms with Gasteiger partial charge in [-0.25, -0.2) is 0 Å². The maximum Gasteiger partial charge on any atom is 0.320 e. The fraction of sp³-hybridized carbons (Fsp3) is 0.917. The summed E-state index contributed by atoms with van der Waals surface area (Å²) in [7, 11) is 0. The van der Waals surface area contributed by atoms with Crippen molar-refractivity contribution in [2.45, 2.75) is 72.1 Å². The van der Waals surface area contributed by atoms with Crippen LogP contribution in [0.25, 0.3) is 0 Å². The van der Waals surface area contributed by atoms with Crippen molar-refractivity contribution in [3.05, 3.63) is 0 Å². The summed E-state index contributed by atoms with van der Waals surface area (Å²) in [5.74, 6) is -2.02. The molecule has 0 bridgehead atoms. The molecule has 0 spiro atoms. The zero-order valence-corrected chi connectivity index (χ0v) is 20.6. The van der Waals surface area contributed by atoms with Crippen LogP contribution >= 0.6 is 0 Å². The Morgan fingerprint density at radius 2 is 0.875 bits per heavy atom. The third-order valence-electron chi connectivity index (χ3n) is 4.64. The number of carbonyl (C=O) groups is 2. The van der Waals surface area contributed by atoms with Gasteiger partial charge in [-0.3, -0.25) is 9.59 Å². The highest BCUT2D eigenvalue weighted by atomic mass is 16.6. The molecule has 0 aliphatic heterocycles. The molecule has 0 aliphatic carbocycles. The van der Waals surface area contributed by atoms with Gasteiger partial charge in [0.05, 0.1) is 39.6 Å². The molecule has 0 fully saturated rings. The van der Waals surface area contributed by atoms with E-state index in [0.717, 1.165) is 58.2 Å². The molecular formula is C24H46O8. The molecule has 0 heterocycles. The molecule has 0 atom stereocenters. The normalized spacial score (nSPS) is 11.1. The first kappa shape index (κ1) is 30.8. The standard InChI is InChI=1S/C24H46O8/c1-4-7-10-11-22(23(25)31-20-18-29-16-14-27-12-8-5-2)24(26)32-21-19-30-17-15-28-13-9-6-3/h22H,4-21H2,1-3H3. The molecule has 0 N–H and O–H groups in total. The number of unbranched alkanes of at least 4 members (excludes halogenated alkanes) is 4. The first-order valence-electron chi connectivity index (χ1n) is 12.3. The SMILES string of the molecule is CCCCCC(C(=O)OCCOCCOCCCC)C(=O)OCCOCCOCCCC. The molecule has 190 valence electrons. The third kappa shape index (κ3) is 19.5. The Morgan fingerprint density at radius 3 is 1.28 bits per heavy atom. The first-order valence-corrected chi connectivity index (χ1v) is 12.3. The lowest BCUT2D eigenvalue weighted by Gasteiger charge is -2.15. The summed E-state index contributed by atoms with van der Waals surface area (Å²) in [6.07, 6.45) is 7.39. The average Bonchev–Trinajstić information content (AvgIpc) is 2.79. The van der Waals surface area contributed by atoms with Gasteiger partial charge in [0.1, 0.15) is 13.2 Å². The Morgan fingerprint density at radius 1 is 0.500 bits per heavy atom. The molecule has 0 saturated carbocycles. The van der Waals surface area contributed by atoms with E-state index in [-0.39, 0.29) is 26.4 Å². The van der Waals surface area contributed by atoms with Crippen LogP contribution in [0, 0.1) is 5.92 Å². The summed E-state index contributed by atoms with van der Waals surface area (Å²) in [6, 6.07) is 0. The Kier molecular flexibility index (Phi) is 23.5. The van der Waals surface area contributed by atoms with Gasteiger partial charge in [-0.2, -0.15) is 0 Å². The summed E-state index contributed by atoms with van der Waals surface area (Å²) < 4.78 is 32.1. The van der Waals surface area contributed by atoms with Crippen molar-refractivity contribution in [3.8, 4) is 0 Å². The molecule has 0 unspecified atom stereocenters. The molecule has 0 aromatic carbocycles. The van der Waals surface area contributed by atoms with Crippen molar-refractivity contribution < 1.29 is 38.0 Å². The van der Waals surface area contributed by atoms with Crippen LogP contribution in [0.15, 0.2) is 0 Å². The molecule has 0 saturated heterocycles. The zero-order chi connectivity index (χ0) is 23.7. The molecule has 0 amide bonds. The quantitative estimate of drug-likeness (QED) is 0.121. The minimum absolute atomic E-state index is 0.104. The number of hydrogen-bond acceptors (Lipinski definition) is 8. The topological polar surface area (TPSA) is 89.5 Å². The fourth-order valence-electron chi connectivity index (χ4n) is 2.67. The van der Waals surface area contributed by atoms with Gasteiger partial charge in [0, 0.05) is 13.2 Å². The van der Waals surface area contributed by atoms with Crippen LogP contribution in [-0.4, -0.2) is 78.0 Å². The van der Waals surface area contributed by atoms with E-state index in [1.54, 1.807) is 0 Å². The highest BCUT2D eigenvalue weighted by Gasteiger charge is 2.29. The number of hydrogen-bond donors (Lipinski definition) is 0. The van der Waals surface area contributed by atoms with E-state index in [4.69, 9.17) is 28.4 Å². The van der Waals surface area contributed by atoms with Crippen LogP contribution in [0.3, 0.4) is 0 Å². The predicted molar refractivity (Wildman–Crippen MR) is 123 cm³/mol. The summed E-state index contributed by atoms with van der Waals surface area (Å²) in [5.41, 5.74) is 0. The minimum Gasteiger partial charge on any atom is -0.463 e. The second-order valence-corrected chi connectivity index (χ2v) is 7.54. The van der Waals surface area contributed by atoms with Crippen LogP contribution in [0.5, 0.6) is 0 Å².